The molecule has 0 fully saturated rings. The second kappa shape index (κ2) is 2.71. The molecule has 4 heteroatoms. The predicted molar refractivity (Wildman–Crippen MR) is 48.7 cm³/mol. The average molecular weight is 180 g/mol. The van der Waals surface area contributed by atoms with Crippen molar-refractivity contribution in [3.63, 3.8) is 0 Å². The van der Waals surface area contributed by atoms with Gasteiger partial charge in [-0.15, -0.1) is 0 Å². The Morgan fingerprint density at radius 3 is 2.75 bits per heavy atom. The maximum atomic E-state index is 5.14. The molecule has 1 aromatic heterocycles. The largest absolute Gasteiger partial charge is 0.494 e. The molecule has 3 nitrogen and oxygen atoms in total. The minimum atomic E-state index is 0.796. The Labute approximate surface area is 74.3 Å². The van der Waals surface area contributed by atoms with Gasteiger partial charge in [-0.25, -0.2) is 0 Å². The van der Waals surface area contributed by atoms with Crippen molar-refractivity contribution in [2.24, 2.45) is 0 Å². The lowest BCUT2D eigenvalue weighted by Gasteiger charge is -2.00. The number of hydrogen-bond acceptors (Lipinski definition) is 4. The van der Waals surface area contributed by atoms with Crippen LogP contribution >= 0.6 is 11.7 Å². The van der Waals surface area contributed by atoms with Crippen molar-refractivity contribution in [3.8, 4) is 5.75 Å². The first-order valence-corrected chi connectivity index (χ1v) is 4.32. The number of aromatic nitrogens is 2. The van der Waals surface area contributed by atoms with Crippen LogP contribution in [0.4, 0.5) is 0 Å². The van der Waals surface area contributed by atoms with Gasteiger partial charge in [0.05, 0.1) is 18.8 Å². The van der Waals surface area contributed by atoms with Crippen LogP contribution in [0, 0.1) is 6.92 Å². The van der Waals surface area contributed by atoms with E-state index in [9.17, 15) is 0 Å². The highest BCUT2D eigenvalue weighted by atomic mass is 32.1. The highest BCUT2D eigenvalue weighted by Crippen LogP contribution is 2.25. The normalized spacial score (nSPS) is 10.5. The summed E-state index contributed by atoms with van der Waals surface area (Å²) in [6, 6.07) is 3.90. The van der Waals surface area contributed by atoms with Gasteiger partial charge in [-0.3, -0.25) is 0 Å². The van der Waals surface area contributed by atoms with Gasteiger partial charge in [0.1, 0.15) is 16.8 Å². The zero-order valence-electron chi connectivity index (χ0n) is 6.87. The number of benzene rings is 1. The van der Waals surface area contributed by atoms with E-state index in [2.05, 4.69) is 8.75 Å². The predicted octanol–water partition coefficient (Wildman–Crippen LogP) is 2.01. The maximum absolute atomic E-state index is 5.14. The first kappa shape index (κ1) is 7.49. The molecule has 0 saturated heterocycles. The van der Waals surface area contributed by atoms with E-state index >= 15 is 0 Å². The summed E-state index contributed by atoms with van der Waals surface area (Å²) >= 11 is 1.22. The molecule has 0 unspecified atom stereocenters. The van der Waals surface area contributed by atoms with Gasteiger partial charge in [0.25, 0.3) is 0 Å². The Kier molecular flexibility index (Phi) is 1.69. The van der Waals surface area contributed by atoms with E-state index in [1.54, 1.807) is 7.11 Å². The van der Waals surface area contributed by atoms with Crippen LogP contribution in [0.2, 0.25) is 0 Å². The van der Waals surface area contributed by atoms with Crippen molar-refractivity contribution in [1.29, 1.82) is 0 Å². The van der Waals surface area contributed by atoms with Crippen LogP contribution in [-0.4, -0.2) is 15.9 Å². The second-order valence-corrected chi connectivity index (χ2v) is 3.07. The molecule has 62 valence electrons. The highest BCUT2D eigenvalue weighted by Gasteiger charge is 2.06. The summed E-state index contributed by atoms with van der Waals surface area (Å²) in [5.74, 6) is 0.796. The van der Waals surface area contributed by atoms with Crippen LogP contribution in [-0.2, 0) is 0 Å². The number of hydrogen-bond donors (Lipinski definition) is 0. The Balaban J connectivity index is 2.82. The summed E-state index contributed by atoms with van der Waals surface area (Å²) in [5.41, 5.74) is 2.95. The Hall–Kier alpha value is -1.16. The monoisotopic (exact) mass is 180 g/mol. The van der Waals surface area contributed by atoms with E-state index in [-0.39, 0.29) is 0 Å². The number of fused-ring (bicyclic) bond motifs is 1. The zero-order valence-corrected chi connectivity index (χ0v) is 7.68. The van der Waals surface area contributed by atoms with Gasteiger partial charge in [0, 0.05) is 0 Å². The Morgan fingerprint density at radius 2 is 2.00 bits per heavy atom. The van der Waals surface area contributed by atoms with Gasteiger partial charge >= 0.3 is 0 Å². The molecule has 1 heterocycles. The molecule has 0 bridgehead atoms. The molecule has 0 aliphatic carbocycles. The van der Waals surface area contributed by atoms with Crippen LogP contribution in [0.1, 0.15) is 5.56 Å². The molecule has 0 aliphatic rings. The van der Waals surface area contributed by atoms with Gasteiger partial charge in [-0.1, -0.05) is 6.07 Å². The summed E-state index contributed by atoms with van der Waals surface area (Å²) in [4.78, 5) is 0. The van der Waals surface area contributed by atoms with Crippen molar-refractivity contribution in [3.05, 3.63) is 17.7 Å². The number of methoxy groups -OCH3 is 1. The third-order valence-corrected chi connectivity index (χ3v) is 2.33. The average Bonchev–Trinajstić information content (AvgIpc) is 2.54. The summed E-state index contributed by atoms with van der Waals surface area (Å²) in [5, 5.41) is 0. The van der Waals surface area contributed by atoms with Crippen LogP contribution < -0.4 is 4.74 Å². The van der Waals surface area contributed by atoms with Crippen LogP contribution in [0.5, 0.6) is 5.75 Å². The number of aryl methyl sites for hydroxylation is 1. The molecule has 0 spiro atoms. The van der Waals surface area contributed by atoms with Crippen molar-refractivity contribution >= 4 is 22.8 Å². The number of ether oxygens (including phenoxy) is 1. The SMILES string of the molecule is COc1ccc(C)c2nsnc12. The summed E-state index contributed by atoms with van der Waals surface area (Å²) in [7, 11) is 1.64. The number of nitrogens with zero attached hydrogens (tertiary/aromatic N) is 2. The van der Waals surface area contributed by atoms with Gasteiger partial charge in [0.2, 0.25) is 0 Å². The van der Waals surface area contributed by atoms with Crippen molar-refractivity contribution in [2.45, 2.75) is 6.92 Å². The molecule has 12 heavy (non-hydrogen) atoms. The molecule has 0 aliphatic heterocycles. The molecule has 2 rings (SSSR count). The van der Waals surface area contributed by atoms with E-state index in [0.717, 1.165) is 22.3 Å². The minimum Gasteiger partial charge on any atom is -0.494 e. The molecular weight excluding hydrogens is 172 g/mol. The summed E-state index contributed by atoms with van der Waals surface area (Å²) < 4.78 is 13.5. The minimum absolute atomic E-state index is 0.796. The van der Waals surface area contributed by atoms with E-state index in [4.69, 9.17) is 4.74 Å². The fourth-order valence-electron chi connectivity index (χ4n) is 1.13. The van der Waals surface area contributed by atoms with Crippen molar-refractivity contribution in [1.82, 2.24) is 8.75 Å². The van der Waals surface area contributed by atoms with E-state index < -0.39 is 0 Å². The van der Waals surface area contributed by atoms with E-state index in [1.807, 2.05) is 19.1 Å². The molecule has 0 N–H and O–H groups in total. The number of rotatable bonds is 1. The topological polar surface area (TPSA) is 35.0 Å². The van der Waals surface area contributed by atoms with Crippen molar-refractivity contribution in [2.75, 3.05) is 7.11 Å². The maximum Gasteiger partial charge on any atom is 0.147 e. The molecule has 1 aromatic carbocycles. The van der Waals surface area contributed by atoms with Crippen LogP contribution in [0.15, 0.2) is 12.1 Å². The lowest BCUT2D eigenvalue weighted by atomic mass is 10.2. The molecule has 2 aromatic rings. The third kappa shape index (κ3) is 0.956. The quantitative estimate of drug-likeness (QED) is 0.673. The van der Waals surface area contributed by atoms with E-state index in [1.165, 1.54) is 11.7 Å². The molecule has 0 atom stereocenters. The lowest BCUT2D eigenvalue weighted by molar-refractivity contribution is 0.419. The Morgan fingerprint density at radius 1 is 1.25 bits per heavy atom. The molecule has 0 saturated carbocycles. The first-order valence-electron chi connectivity index (χ1n) is 3.59. The molecule has 0 amide bonds. The smallest absolute Gasteiger partial charge is 0.147 e. The van der Waals surface area contributed by atoms with Gasteiger partial charge in [0.15, 0.2) is 0 Å². The van der Waals surface area contributed by atoms with Gasteiger partial charge in [-0.2, -0.15) is 8.75 Å². The van der Waals surface area contributed by atoms with Gasteiger partial charge < -0.3 is 4.74 Å². The molecular formula is C8H8N2OS. The molecule has 0 radical (unpaired) electrons. The van der Waals surface area contributed by atoms with Crippen molar-refractivity contribution < 1.29 is 4.74 Å². The van der Waals surface area contributed by atoms with Gasteiger partial charge in [-0.05, 0) is 18.6 Å². The standard InChI is InChI=1S/C8H8N2OS/c1-5-3-4-6(11-2)8-7(5)9-12-10-8/h3-4H,1-2H3. The third-order valence-electron chi connectivity index (χ3n) is 1.80. The van der Waals surface area contributed by atoms with Crippen LogP contribution in [0.3, 0.4) is 0 Å². The second-order valence-electron chi connectivity index (χ2n) is 2.55. The fraction of sp³-hybridized carbons (Fsp3) is 0.250. The highest BCUT2D eigenvalue weighted by molar-refractivity contribution is 7.00. The summed E-state index contributed by atoms with van der Waals surface area (Å²) in [6.45, 7) is 2.02. The zero-order chi connectivity index (χ0) is 8.55. The summed E-state index contributed by atoms with van der Waals surface area (Å²) in [6.07, 6.45) is 0. The Bertz CT molecular complexity index is 410. The van der Waals surface area contributed by atoms with Crippen LogP contribution in [0.25, 0.3) is 11.0 Å². The lowest BCUT2D eigenvalue weighted by Crippen LogP contribution is -1.85. The first-order chi connectivity index (χ1) is 5.83. The fourth-order valence-corrected chi connectivity index (χ4v) is 1.74. The van der Waals surface area contributed by atoms with E-state index in [0.29, 0.717) is 0 Å².